The summed E-state index contributed by atoms with van der Waals surface area (Å²) >= 11 is 3.38. The molecule has 5 nitrogen and oxygen atoms in total. The van der Waals surface area contributed by atoms with Gasteiger partial charge in [-0.15, -0.1) is 0 Å². The fourth-order valence-electron chi connectivity index (χ4n) is 1.73. The van der Waals surface area contributed by atoms with E-state index in [4.69, 9.17) is 4.74 Å². The van der Waals surface area contributed by atoms with Gasteiger partial charge in [-0.25, -0.2) is 9.97 Å². The van der Waals surface area contributed by atoms with Crippen molar-refractivity contribution < 1.29 is 4.74 Å². The summed E-state index contributed by atoms with van der Waals surface area (Å²) in [7, 11) is 0. The van der Waals surface area contributed by atoms with Crippen LogP contribution >= 0.6 is 15.9 Å². The SMILES string of the molecule is CCNCc1nc(C(C)C)ncc1Oc1cncc(Br)c1. The van der Waals surface area contributed by atoms with Crippen LogP contribution in [-0.4, -0.2) is 21.5 Å². The standard InChI is InChI=1S/C15H19BrN4O/c1-4-17-8-13-14(9-19-15(20-13)10(2)3)21-12-5-11(16)6-18-7-12/h5-7,9-10,17H,4,8H2,1-3H3. The summed E-state index contributed by atoms with van der Waals surface area (Å²) in [6, 6.07) is 1.86. The molecule has 1 N–H and O–H groups in total. The topological polar surface area (TPSA) is 59.9 Å². The number of pyridine rings is 1. The molecular weight excluding hydrogens is 332 g/mol. The maximum absolute atomic E-state index is 5.86. The van der Waals surface area contributed by atoms with E-state index in [0.29, 0.717) is 18.0 Å². The van der Waals surface area contributed by atoms with Crippen molar-refractivity contribution in [2.45, 2.75) is 33.2 Å². The van der Waals surface area contributed by atoms with E-state index in [1.165, 1.54) is 0 Å². The van der Waals surface area contributed by atoms with Gasteiger partial charge in [0.1, 0.15) is 17.3 Å². The van der Waals surface area contributed by atoms with Crippen LogP contribution in [0.25, 0.3) is 0 Å². The average Bonchev–Trinajstić information content (AvgIpc) is 2.46. The van der Waals surface area contributed by atoms with Gasteiger partial charge in [-0.3, -0.25) is 4.98 Å². The van der Waals surface area contributed by atoms with Crippen LogP contribution in [0.4, 0.5) is 0 Å². The highest BCUT2D eigenvalue weighted by atomic mass is 79.9. The Kier molecular flexibility index (Phi) is 5.64. The van der Waals surface area contributed by atoms with Gasteiger partial charge in [0, 0.05) is 23.1 Å². The van der Waals surface area contributed by atoms with E-state index in [-0.39, 0.29) is 5.92 Å². The summed E-state index contributed by atoms with van der Waals surface area (Å²) in [5.74, 6) is 2.41. The molecule has 112 valence electrons. The molecule has 0 radical (unpaired) electrons. The molecule has 21 heavy (non-hydrogen) atoms. The molecule has 0 unspecified atom stereocenters. The zero-order valence-corrected chi connectivity index (χ0v) is 14.0. The summed E-state index contributed by atoms with van der Waals surface area (Å²) in [6.07, 6.45) is 5.11. The van der Waals surface area contributed by atoms with E-state index in [2.05, 4.69) is 57.0 Å². The number of hydrogen-bond donors (Lipinski definition) is 1. The van der Waals surface area contributed by atoms with Gasteiger partial charge in [0.05, 0.1) is 12.4 Å². The lowest BCUT2D eigenvalue weighted by Gasteiger charge is -2.13. The fourth-order valence-corrected chi connectivity index (χ4v) is 2.07. The molecule has 0 saturated carbocycles. The van der Waals surface area contributed by atoms with Crippen LogP contribution in [0.15, 0.2) is 29.1 Å². The molecule has 0 spiro atoms. The molecule has 0 aliphatic heterocycles. The molecular formula is C15H19BrN4O. The van der Waals surface area contributed by atoms with E-state index in [1.807, 2.05) is 6.07 Å². The van der Waals surface area contributed by atoms with Crippen molar-refractivity contribution in [2.24, 2.45) is 0 Å². The molecule has 0 aromatic carbocycles. The van der Waals surface area contributed by atoms with Gasteiger partial charge in [-0.1, -0.05) is 20.8 Å². The lowest BCUT2D eigenvalue weighted by molar-refractivity contribution is 0.461. The van der Waals surface area contributed by atoms with Gasteiger partial charge >= 0.3 is 0 Å². The number of halogens is 1. The summed E-state index contributed by atoms with van der Waals surface area (Å²) in [6.45, 7) is 7.73. The van der Waals surface area contributed by atoms with Gasteiger partial charge < -0.3 is 10.1 Å². The van der Waals surface area contributed by atoms with Crippen LogP contribution in [0, 0.1) is 0 Å². The first-order valence-electron chi connectivity index (χ1n) is 6.95. The highest BCUT2D eigenvalue weighted by Crippen LogP contribution is 2.26. The highest BCUT2D eigenvalue weighted by Gasteiger charge is 2.11. The number of nitrogens with zero attached hydrogens (tertiary/aromatic N) is 3. The second-order valence-electron chi connectivity index (χ2n) is 4.92. The van der Waals surface area contributed by atoms with E-state index in [0.717, 1.165) is 22.5 Å². The van der Waals surface area contributed by atoms with Crippen LogP contribution in [0.1, 0.15) is 38.2 Å². The van der Waals surface area contributed by atoms with E-state index in [1.54, 1.807) is 18.6 Å². The fraction of sp³-hybridized carbons (Fsp3) is 0.400. The van der Waals surface area contributed by atoms with Crippen LogP contribution < -0.4 is 10.1 Å². The smallest absolute Gasteiger partial charge is 0.168 e. The third kappa shape index (κ3) is 4.47. The van der Waals surface area contributed by atoms with Gasteiger partial charge in [0.15, 0.2) is 5.75 Å². The average molecular weight is 351 g/mol. The minimum Gasteiger partial charge on any atom is -0.452 e. The minimum absolute atomic E-state index is 0.284. The van der Waals surface area contributed by atoms with Crippen molar-refractivity contribution in [1.29, 1.82) is 0 Å². The zero-order chi connectivity index (χ0) is 15.2. The molecule has 0 bridgehead atoms. The first kappa shape index (κ1) is 15.9. The minimum atomic E-state index is 0.284. The van der Waals surface area contributed by atoms with Crippen LogP contribution in [0.5, 0.6) is 11.5 Å². The number of ether oxygens (including phenoxy) is 1. The Bertz CT molecular complexity index is 604. The Morgan fingerprint density at radius 3 is 2.76 bits per heavy atom. The van der Waals surface area contributed by atoms with Gasteiger partial charge in [0.25, 0.3) is 0 Å². The maximum atomic E-state index is 5.86. The van der Waals surface area contributed by atoms with E-state index in [9.17, 15) is 0 Å². The Labute approximate surface area is 133 Å². The Hall–Kier alpha value is -1.53. The van der Waals surface area contributed by atoms with Crippen molar-refractivity contribution in [3.63, 3.8) is 0 Å². The Morgan fingerprint density at radius 1 is 1.29 bits per heavy atom. The molecule has 6 heteroatoms. The Balaban J connectivity index is 2.28. The lowest BCUT2D eigenvalue weighted by Crippen LogP contribution is -2.15. The summed E-state index contributed by atoms with van der Waals surface area (Å²) in [5.41, 5.74) is 0.857. The molecule has 2 heterocycles. The summed E-state index contributed by atoms with van der Waals surface area (Å²) < 4.78 is 6.73. The lowest BCUT2D eigenvalue weighted by atomic mass is 10.2. The zero-order valence-electron chi connectivity index (χ0n) is 12.4. The third-order valence-corrected chi connectivity index (χ3v) is 3.25. The maximum Gasteiger partial charge on any atom is 0.168 e. The second-order valence-corrected chi connectivity index (χ2v) is 5.83. The summed E-state index contributed by atoms with van der Waals surface area (Å²) in [5, 5.41) is 3.27. The highest BCUT2D eigenvalue weighted by molar-refractivity contribution is 9.10. The molecule has 0 fully saturated rings. The quantitative estimate of drug-likeness (QED) is 0.861. The van der Waals surface area contributed by atoms with E-state index < -0.39 is 0 Å². The monoisotopic (exact) mass is 350 g/mol. The van der Waals surface area contributed by atoms with Gasteiger partial charge in [-0.05, 0) is 28.5 Å². The van der Waals surface area contributed by atoms with Gasteiger partial charge in [-0.2, -0.15) is 0 Å². The predicted molar refractivity (Wildman–Crippen MR) is 85.5 cm³/mol. The number of aromatic nitrogens is 3. The van der Waals surface area contributed by atoms with Crippen molar-refractivity contribution in [1.82, 2.24) is 20.3 Å². The Morgan fingerprint density at radius 2 is 2.10 bits per heavy atom. The van der Waals surface area contributed by atoms with E-state index >= 15 is 0 Å². The van der Waals surface area contributed by atoms with Crippen LogP contribution in [0.2, 0.25) is 0 Å². The molecule has 0 saturated heterocycles. The molecule has 0 aliphatic rings. The predicted octanol–water partition coefficient (Wildman–Crippen LogP) is 3.66. The largest absolute Gasteiger partial charge is 0.452 e. The van der Waals surface area contributed by atoms with Crippen molar-refractivity contribution in [3.05, 3.63) is 40.6 Å². The van der Waals surface area contributed by atoms with Crippen LogP contribution in [0.3, 0.4) is 0 Å². The molecule has 0 aliphatic carbocycles. The molecule has 0 atom stereocenters. The normalized spacial score (nSPS) is 10.9. The molecule has 2 aromatic rings. The first-order valence-corrected chi connectivity index (χ1v) is 7.74. The molecule has 2 aromatic heterocycles. The van der Waals surface area contributed by atoms with Crippen molar-refractivity contribution in [3.8, 4) is 11.5 Å². The first-order chi connectivity index (χ1) is 10.1. The number of hydrogen-bond acceptors (Lipinski definition) is 5. The molecule has 2 rings (SSSR count). The number of rotatable bonds is 6. The number of nitrogens with one attached hydrogen (secondary N) is 1. The van der Waals surface area contributed by atoms with Crippen molar-refractivity contribution >= 4 is 15.9 Å². The second kappa shape index (κ2) is 7.47. The van der Waals surface area contributed by atoms with Crippen LogP contribution in [-0.2, 0) is 6.54 Å². The van der Waals surface area contributed by atoms with Gasteiger partial charge in [0.2, 0.25) is 0 Å². The van der Waals surface area contributed by atoms with Crippen molar-refractivity contribution in [2.75, 3.05) is 6.54 Å². The third-order valence-electron chi connectivity index (χ3n) is 2.81. The molecule has 0 amide bonds. The summed E-state index contributed by atoms with van der Waals surface area (Å²) in [4.78, 5) is 13.1.